The number of halogens is 1. The lowest BCUT2D eigenvalue weighted by Crippen LogP contribution is -2.38. The number of carbonyl (C=O) groups is 1. The summed E-state index contributed by atoms with van der Waals surface area (Å²) in [6.07, 6.45) is 1.96. The van der Waals surface area contributed by atoms with Crippen LogP contribution in [0.5, 0.6) is 0 Å². The van der Waals surface area contributed by atoms with Crippen molar-refractivity contribution in [3.8, 4) is 0 Å². The van der Waals surface area contributed by atoms with Gasteiger partial charge >= 0.3 is 0 Å². The third-order valence-electron chi connectivity index (χ3n) is 2.36. The van der Waals surface area contributed by atoms with Crippen LogP contribution in [0.1, 0.15) is 17.7 Å². The lowest BCUT2D eigenvalue weighted by Gasteiger charge is -2.14. The monoisotopic (exact) mass is 230 g/mol. The first kappa shape index (κ1) is 9.96. The number of thiophene rings is 1. The fraction of sp³-hybridized carbons (Fsp3) is 0.444. The van der Waals surface area contributed by atoms with Crippen molar-refractivity contribution in [2.75, 3.05) is 6.54 Å². The molecule has 2 rings (SSSR count). The Balaban J connectivity index is 2.13. The number of amides is 1. The molecule has 0 unspecified atom stereocenters. The highest BCUT2D eigenvalue weighted by molar-refractivity contribution is 7.16. The summed E-state index contributed by atoms with van der Waals surface area (Å²) >= 11 is 7.37. The van der Waals surface area contributed by atoms with Gasteiger partial charge in [-0.2, -0.15) is 0 Å². The van der Waals surface area contributed by atoms with Crippen molar-refractivity contribution in [2.24, 2.45) is 5.73 Å². The standard InChI is InChI=1S/C9H11ClN2OS/c10-7-2-1-6(14-7)9(3-4-9)12-8(13)5-11/h1-2H,3-5,11H2,(H,12,13). The van der Waals surface area contributed by atoms with Gasteiger partial charge in [0.15, 0.2) is 0 Å². The number of carbonyl (C=O) groups excluding carboxylic acids is 1. The predicted octanol–water partition coefficient (Wildman–Crippen LogP) is 1.47. The van der Waals surface area contributed by atoms with Gasteiger partial charge in [0.25, 0.3) is 0 Å². The molecule has 0 saturated heterocycles. The molecule has 1 aromatic rings. The Bertz CT molecular complexity index is 359. The van der Waals surface area contributed by atoms with Gasteiger partial charge in [-0.05, 0) is 25.0 Å². The molecule has 14 heavy (non-hydrogen) atoms. The lowest BCUT2D eigenvalue weighted by atomic mass is 10.2. The van der Waals surface area contributed by atoms with Crippen LogP contribution in [-0.4, -0.2) is 12.5 Å². The van der Waals surface area contributed by atoms with Gasteiger partial charge in [0.2, 0.25) is 5.91 Å². The van der Waals surface area contributed by atoms with E-state index < -0.39 is 0 Å². The molecule has 1 fully saturated rings. The van der Waals surface area contributed by atoms with Gasteiger partial charge in [0, 0.05) is 4.88 Å². The third-order valence-corrected chi connectivity index (χ3v) is 3.79. The molecule has 0 bridgehead atoms. The van der Waals surface area contributed by atoms with Crippen molar-refractivity contribution >= 4 is 28.8 Å². The minimum atomic E-state index is -0.158. The van der Waals surface area contributed by atoms with Gasteiger partial charge in [-0.1, -0.05) is 11.6 Å². The van der Waals surface area contributed by atoms with Gasteiger partial charge in [-0.3, -0.25) is 4.79 Å². The Morgan fingerprint density at radius 1 is 1.64 bits per heavy atom. The van der Waals surface area contributed by atoms with Gasteiger partial charge in [0.1, 0.15) is 0 Å². The molecule has 0 aromatic carbocycles. The highest BCUT2D eigenvalue weighted by Crippen LogP contribution is 2.48. The fourth-order valence-electron chi connectivity index (χ4n) is 1.45. The number of hydrogen-bond donors (Lipinski definition) is 2. The first-order valence-electron chi connectivity index (χ1n) is 4.43. The lowest BCUT2D eigenvalue weighted by molar-refractivity contribution is -0.120. The van der Waals surface area contributed by atoms with E-state index in [1.54, 1.807) is 0 Å². The molecule has 1 amide bonds. The van der Waals surface area contributed by atoms with Crippen molar-refractivity contribution < 1.29 is 4.79 Å². The Hall–Kier alpha value is -0.580. The zero-order valence-corrected chi connectivity index (χ0v) is 9.12. The molecule has 3 nitrogen and oxygen atoms in total. The van der Waals surface area contributed by atoms with E-state index in [1.165, 1.54) is 11.3 Å². The molecule has 0 atom stereocenters. The highest BCUT2D eigenvalue weighted by Gasteiger charge is 2.46. The van der Waals surface area contributed by atoms with Crippen LogP contribution >= 0.6 is 22.9 Å². The van der Waals surface area contributed by atoms with Crippen molar-refractivity contribution in [3.63, 3.8) is 0 Å². The Kier molecular flexibility index (Phi) is 2.51. The topological polar surface area (TPSA) is 55.1 Å². The zero-order valence-electron chi connectivity index (χ0n) is 7.55. The van der Waals surface area contributed by atoms with Crippen LogP contribution in [0.15, 0.2) is 12.1 Å². The summed E-state index contributed by atoms with van der Waals surface area (Å²) in [5.41, 5.74) is 5.10. The van der Waals surface area contributed by atoms with Gasteiger partial charge in [0.05, 0.1) is 16.4 Å². The predicted molar refractivity (Wildman–Crippen MR) is 57.4 cm³/mol. The fourth-order valence-corrected chi connectivity index (χ4v) is 2.69. The number of nitrogens with one attached hydrogen (secondary N) is 1. The van der Waals surface area contributed by atoms with E-state index in [9.17, 15) is 4.79 Å². The summed E-state index contributed by atoms with van der Waals surface area (Å²) < 4.78 is 0.758. The van der Waals surface area contributed by atoms with E-state index in [-0.39, 0.29) is 18.0 Å². The molecule has 1 saturated carbocycles. The molecular formula is C9H11ClN2OS. The maximum absolute atomic E-state index is 11.2. The van der Waals surface area contributed by atoms with Crippen LogP contribution in [0.25, 0.3) is 0 Å². The summed E-state index contributed by atoms with van der Waals surface area (Å²) in [5.74, 6) is -0.105. The molecule has 0 aliphatic heterocycles. The first-order valence-corrected chi connectivity index (χ1v) is 5.63. The molecule has 1 aliphatic carbocycles. The zero-order chi connectivity index (χ0) is 10.2. The second-order valence-corrected chi connectivity index (χ2v) is 5.15. The van der Waals surface area contributed by atoms with Gasteiger partial charge in [-0.15, -0.1) is 11.3 Å². The summed E-state index contributed by atoms with van der Waals surface area (Å²) in [7, 11) is 0. The number of rotatable bonds is 3. The summed E-state index contributed by atoms with van der Waals surface area (Å²) in [4.78, 5) is 12.3. The minimum absolute atomic E-state index is 0.0425. The van der Waals surface area contributed by atoms with E-state index in [2.05, 4.69) is 5.32 Å². The molecular weight excluding hydrogens is 220 g/mol. The van der Waals surface area contributed by atoms with Gasteiger partial charge < -0.3 is 11.1 Å². The van der Waals surface area contributed by atoms with Crippen LogP contribution in [-0.2, 0) is 10.3 Å². The van der Waals surface area contributed by atoms with E-state index in [4.69, 9.17) is 17.3 Å². The Labute approximate surface area is 91.2 Å². The molecule has 1 aliphatic rings. The highest BCUT2D eigenvalue weighted by atomic mass is 35.5. The van der Waals surface area contributed by atoms with Crippen molar-refractivity contribution in [1.82, 2.24) is 5.32 Å². The quantitative estimate of drug-likeness (QED) is 0.826. The average molecular weight is 231 g/mol. The number of hydrogen-bond acceptors (Lipinski definition) is 3. The smallest absolute Gasteiger partial charge is 0.234 e. The third kappa shape index (κ3) is 1.78. The van der Waals surface area contributed by atoms with E-state index >= 15 is 0 Å². The first-order chi connectivity index (χ1) is 6.66. The minimum Gasteiger partial charge on any atom is -0.345 e. The molecule has 76 valence electrons. The maximum Gasteiger partial charge on any atom is 0.234 e. The van der Waals surface area contributed by atoms with Crippen molar-refractivity contribution in [1.29, 1.82) is 0 Å². The van der Waals surface area contributed by atoms with E-state index in [0.29, 0.717) is 0 Å². The van der Waals surface area contributed by atoms with E-state index in [1.807, 2.05) is 12.1 Å². The second kappa shape index (κ2) is 3.53. The molecule has 5 heteroatoms. The average Bonchev–Trinajstić information content (AvgIpc) is 2.81. The second-order valence-electron chi connectivity index (χ2n) is 3.44. The maximum atomic E-state index is 11.2. The van der Waals surface area contributed by atoms with Crippen molar-refractivity contribution in [2.45, 2.75) is 18.4 Å². The van der Waals surface area contributed by atoms with Crippen LogP contribution in [0.2, 0.25) is 4.34 Å². The molecule has 1 heterocycles. The van der Waals surface area contributed by atoms with Crippen LogP contribution in [0.3, 0.4) is 0 Å². The van der Waals surface area contributed by atoms with Crippen LogP contribution in [0, 0.1) is 0 Å². The summed E-state index contributed by atoms with van der Waals surface area (Å²) in [6, 6.07) is 3.83. The molecule has 0 spiro atoms. The van der Waals surface area contributed by atoms with Crippen LogP contribution in [0.4, 0.5) is 0 Å². The molecule has 0 radical (unpaired) electrons. The van der Waals surface area contributed by atoms with Crippen LogP contribution < -0.4 is 11.1 Å². The molecule has 1 aromatic heterocycles. The van der Waals surface area contributed by atoms with E-state index in [0.717, 1.165) is 22.1 Å². The normalized spacial score (nSPS) is 17.9. The Morgan fingerprint density at radius 2 is 2.36 bits per heavy atom. The van der Waals surface area contributed by atoms with Gasteiger partial charge in [-0.25, -0.2) is 0 Å². The summed E-state index contributed by atoms with van der Waals surface area (Å²) in [5, 5.41) is 2.93. The summed E-state index contributed by atoms with van der Waals surface area (Å²) in [6.45, 7) is 0.0425. The number of nitrogens with two attached hydrogens (primary N) is 1. The van der Waals surface area contributed by atoms with Crippen molar-refractivity contribution in [3.05, 3.63) is 21.3 Å². The largest absolute Gasteiger partial charge is 0.345 e. The Morgan fingerprint density at radius 3 is 2.79 bits per heavy atom. The SMILES string of the molecule is NCC(=O)NC1(c2ccc(Cl)s2)CC1. The molecule has 3 N–H and O–H groups in total.